The molecule has 1 aliphatic carbocycles. The van der Waals surface area contributed by atoms with Gasteiger partial charge in [0.15, 0.2) is 4.67 Å². The third kappa shape index (κ3) is 3.13. The van der Waals surface area contributed by atoms with Gasteiger partial charge in [0.2, 0.25) is 0 Å². The topological polar surface area (TPSA) is 42.4 Å². The zero-order valence-corrected chi connectivity index (χ0v) is 13.1. The predicted molar refractivity (Wildman–Crippen MR) is 75.9 cm³/mol. The van der Waals surface area contributed by atoms with Gasteiger partial charge in [-0.05, 0) is 63.7 Å². The van der Waals surface area contributed by atoms with E-state index in [2.05, 4.69) is 43.8 Å². The van der Waals surface area contributed by atoms with Gasteiger partial charge < -0.3 is 10.2 Å². The van der Waals surface area contributed by atoms with Gasteiger partial charge in [-0.25, -0.2) is 0 Å². The molecule has 2 N–H and O–H groups in total. The number of nitrogens with two attached hydrogens (primary N) is 1. The van der Waals surface area contributed by atoms with E-state index in [9.17, 15) is 0 Å². The number of rotatable bonds is 5. The molecule has 96 valence electrons. The Balaban J connectivity index is 2.03. The van der Waals surface area contributed by atoms with Crippen LogP contribution in [-0.4, -0.2) is 25.0 Å². The highest BCUT2D eigenvalue weighted by Crippen LogP contribution is 2.33. The fourth-order valence-corrected chi connectivity index (χ4v) is 2.86. The van der Waals surface area contributed by atoms with Gasteiger partial charge >= 0.3 is 0 Å². The molecule has 1 heterocycles. The van der Waals surface area contributed by atoms with Gasteiger partial charge in [0.1, 0.15) is 5.76 Å². The van der Waals surface area contributed by atoms with Crippen LogP contribution in [0.3, 0.4) is 0 Å². The fourth-order valence-electron chi connectivity index (χ4n) is 2.25. The maximum atomic E-state index is 5.87. The highest BCUT2D eigenvalue weighted by molar-refractivity contribution is 9.13. The maximum absolute atomic E-state index is 5.87. The predicted octanol–water partition coefficient (Wildman–Crippen LogP) is 3.54. The summed E-state index contributed by atoms with van der Waals surface area (Å²) in [5.41, 5.74) is 5.87. The van der Waals surface area contributed by atoms with Crippen molar-refractivity contribution in [3.63, 3.8) is 0 Å². The number of furan rings is 1. The lowest BCUT2D eigenvalue weighted by Gasteiger charge is -2.33. The van der Waals surface area contributed by atoms with Crippen LogP contribution in [0.5, 0.6) is 0 Å². The van der Waals surface area contributed by atoms with Gasteiger partial charge in [-0.3, -0.25) is 4.90 Å². The van der Waals surface area contributed by atoms with Crippen LogP contribution in [0, 0.1) is 5.92 Å². The van der Waals surface area contributed by atoms with Gasteiger partial charge in [0.25, 0.3) is 0 Å². The Kier molecular flexibility index (Phi) is 4.69. The van der Waals surface area contributed by atoms with Crippen LogP contribution in [0.15, 0.2) is 19.6 Å². The third-order valence-electron chi connectivity index (χ3n) is 3.52. The Labute approximate surface area is 119 Å². The molecule has 0 bridgehead atoms. The molecule has 1 atom stereocenters. The quantitative estimate of drug-likeness (QED) is 0.867. The van der Waals surface area contributed by atoms with Crippen molar-refractivity contribution in [1.82, 2.24) is 4.90 Å². The molecule has 5 heteroatoms. The summed E-state index contributed by atoms with van der Waals surface area (Å²) in [5, 5.41) is 0. The summed E-state index contributed by atoms with van der Waals surface area (Å²) < 4.78 is 7.36. The minimum Gasteiger partial charge on any atom is -0.451 e. The van der Waals surface area contributed by atoms with Crippen molar-refractivity contribution in [3.8, 4) is 0 Å². The van der Waals surface area contributed by atoms with E-state index in [1.54, 1.807) is 0 Å². The van der Waals surface area contributed by atoms with E-state index < -0.39 is 0 Å². The van der Waals surface area contributed by atoms with E-state index in [0.29, 0.717) is 6.54 Å². The van der Waals surface area contributed by atoms with Crippen molar-refractivity contribution >= 4 is 31.9 Å². The first-order valence-corrected chi connectivity index (χ1v) is 7.55. The van der Waals surface area contributed by atoms with E-state index in [0.717, 1.165) is 27.4 Å². The Bertz CT molecular complexity index is 357. The molecule has 0 radical (unpaired) electrons. The van der Waals surface area contributed by atoms with Crippen LogP contribution in [0.25, 0.3) is 0 Å². The van der Waals surface area contributed by atoms with Crippen molar-refractivity contribution in [2.75, 3.05) is 20.1 Å². The largest absolute Gasteiger partial charge is 0.451 e. The van der Waals surface area contributed by atoms with E-state index in [1.165, 1.54) is 19.3 Å². The number of hydrogen-bond acceptors (Lipinski definition) is 3. The summed E-state index contributed by atoms with van der Waals surface area (Å²) in [6.07, 6.45) is 4.09. The zero-order chi connectivity index (χ0) is 12.4. The first kappa shape index (κ1) is 13.6. The molecule has 3 nitrogen and oxygen atoms in total. The summed E-state index contributed by atoms with van der Waals surface area (Å²) in [6.45, 7) is 1.69. The monoisotopic (exact) mass is 364 g/mol. The summed E-state index contributed by atoms with van der Waals surface area (Å²) in [4.78, 5) is 2.31. The molecular formula is C12H18Br2N2O. The lowest BCUT2D eigenvalue weighted by Crippen LogP contribution is -2.35. The summed E-state index contributed by atoms with van der Waals surface area (Å²) >= 11 is 6.80. The lowest BCUT2D eigenvalue weighted by molar-refractivity contribution is 0.151. The van der Waals surface area contributed by atoms with Gasteiger partial charge in [-0.1, -0.05) is 6.42 Å². The molecule has 0 saturated heterocycles. The summed E-state index contributed by atoms with van der Waals surface area (Å²) in [6, 6.07) is 2.16. The standard InChI is InChI=1S/C12H18Br2N2O/c1-16(7-8-3-2-4-8)10(6-15)11-5-9(13)12(14)17-11/h5,8,10H,2-4,6-7,15H2,1H3. The second-order valence-corrected chi connectivity index (χ2v) is 6.33. The van der Waals surface area contributed by atoms with Crippen molar-refractivity contribution in [2.24, 2.45) is 11.7 Å². The highest BCUT2D eigenvalue weighted by Gasteiger charge is 2.25. The maximum Gasteiger partial charge on any atom is 0.183 e. The first-order chi connectivity index (χ1) is 8.11. The minimum absolute atomic E-state index is 0.165. The highest BCUT2D eigenvalue weighted by atomic mass is 79.9. The van der Waals surface area contributed by atoms with Crippen LogP contribution in [0.1, 0.15) is 31.1 Å². The lowest BCUT2D eigenvalue weighted by atomic mass is 9.85. The molecule has 1 aromatic rings. The third-order valence-corrected chi connectivity index (χ3v) is 5.23. The molecule has 0 aromatic carbocycles. The summed E-state index contributed by atoms with van der Waals surface area (Å²) in [7, 11) is 2.13. The van der Waals surface area contributed by atoms with E-state index in [1.807, 2.05) is 6.07 Å². The van der Waals surface area contributed by atoms with Crippen LogP contribution in [0.2, 0.25) is 0 Å². The van der Waals surface area contributed by atoms with Crippen LogP contribution < -0.4 is 5.73 Å². The first-order valence-electron chi connectivity index (χ1n) is 5.97. The van der Waals surface area contributed by atoms with E-state index in [-0.39, 0.29) is 6.04 Å². The molecule has 1 fully saturated rings. The number of halogens is 2. The number of likely N-dealkylation sites (N-methyl/N-ethyl adjacent to an activating group) is 1. The second kappa shape index (κ2) is 5.87. The Morgan fingerprint density at radius 2 is 2.24 bits per heavy atom. The molecule has 1 aliphatic rings. The summed E-state index contributed by atoms with van der Waals surface area (Å²) in [5.74, 6) is 1.77. The van der Waals surface area contributed by atoms with Crippen LogP contribution in [0.4, 0.5) is 0 Å². The SMILES string of the molecule is CN(CC1CCC1)C(CN)c1cc(Br)c(Br)o1. The molecule has 1 saturated carbocycles. The molecule has 2 rings (SSSR count). The molecule has 1 aromatic heterocycles. The average Bonchev–Trinajstić information content (AvgIpc) is 2.54. The Hall–Kier alpha value is 0.160. The Morgan fingerprint density at radius 1 is 1.53 bits per heavy atom. The van der Waals surface area contributed by atoms with Gasteiger partial charge in [-0.2, -0.15) is 0 Å². The second-order valence-electron chi connectivity index (χ2n) is 4.76. The van der Waals surface area contributed by atoms with Crippen LogP contribution in [-0.2, 0) is 0 Å². The zero-order valence-electron chi connectivity index (χ0n) is 9.96. The number of nitrogens with zero attached hydrogens (tertiary/aromatic N) is 1. The fraction of sp³-hybridized carbons (Fsp3) is 0.667. The van der Waals surface area contributed by atoms with Gasteiger partial charge in [0.05, 0.1) is 10.5 Å². The molecule has 0 spiro atoms. The average molecular weight is 366 g/mol. The van der Waals surface area contributed by atoms with Crippen molar-refractivity contribution < 1.29 is 4.42 Å². The van der Waals surface area contributed by atoms with E-state index in [4.69, 9.17) is 10.2 Å². The molecule has 0 aliphatic heterocycles. The normalized spacial score (nSPS) is 18.4. The van der Waals surface area contributed by atoms with Gasteiger partial charge in [0, 0.05) is 13.1 Å². The molecule has 17 heavy (non-hydrogen) atoms. The molecule has 0 amide bonds. The molecule has 1 unspecified atom stereocenters. The van der Waals surface area contributed by atoms with Crippen molar-refractivity contribution in [3.05, 3.63) is 21.0 Å². The van der Waals surface area contributed by atoms with Crippen molar-refractivity contribution in [1.29, 1.82) is 0 Å². The number of hydrogen-bond donors (Lipinski definition) is 1. The molecular weight excluding hydrogens is 348 g/mol. The van der Waals surface area contributed by atoms with Crippen molar-refractivity contribution in [2.45, 2.75) is 25.3 Å². The minimum atomic E-state index is 0.165. The van der Waals surface area contributed by atoms with E-state index >= 15 is 0 Å². The Morgan fingerprint density at radius 3 is 2.65 bits per heavy atom. The van der Waals surface area contributed by atoms with Gasteiger partial charge in [-0.15, -0.1) is 0 Å². The smallest absolute Gasteiger partial charge is 0.183 e. The van der Waals surface area contributed by atoms with Crippen LogP contribution >= 0.6 is 31.9 Å².